The van der Waals surface area contributed by atoms with Crippen molar-refractivity contribution in [1.82, 2.24) is 14.5 Å². The van der Waals surface area contributed by atoms with Crippen molar-refractivity contribution in [3.63, 3.8) is 0 Å². The molecular weight excluding hydrogens is 386 g/mol. The molecule has 152 valence electrons. The first-order chi connectivity index (χ1) is 13.0. The third kappa shape index (κ3) is 5.08. The van der Waals surface area contributed by atoms with E-state index in [-0.39, 0.29) is 17.7 Å². The Morgan fingerprint density at radius 2 is 2.15 bits per heavy atom. The van der Waals surface area contributed by atoms with Crippen LogP contribution < -0.4 is 5.32 Å². The third-order valence-electron chi connectivity index (χ3n) is 5.15. The van der Waals surface area contributed by atoms with Gasteiger partial charge in [0.25, 0.3) is 0 Å². The van der Waals surface area contributed by atoms with Crippen LogP contribution in [0.3, 0.4) is 0 Å². The second kappa shape index (κ2) is 9.47. The van der Waals surface area contributed by atoms with Crippen LogP contribution in [0.2, 0.25) is 0 Å². The summed E-state index contributed by atoms with van der Waals surface area (Å²) in [6, 6.07) is 3.63. The lowest BCUT2D eigenvalue weighted by atomic mass is 10.1. The van der Waals surface area contributed by atoms with Crippen LogP contribution in [-0.4, -0.2) is 74.7 Å². The molecule has 2 saturated heterocycles. The summed E-state index contributed by atoms with van der Waals surface area (Å²) in [5, 5.41) is 5.08. The van der Waals surface area contributed by atoms with Crippen molar-refractivity contribution in [3.05, 3.63) is 22.4 Å². The summed E-state index contributed by atoms with van der Waals surface area (Å²) in [6.07, 6.45) is 1.89. The monoisotopic (exact) mass is 415 g/mol. The number of hydrogen-bond donors (Lipinski definition) is 1. The molecule has 0 aliphatic carbocycles. The molecule has 0 radical (unpaired) electrons. The molecule has 1 aromatic rings. The average molecular weight is 416 g/mol. The van der Waals surface area contributed by atoms with Crippen molar-refractivity contribution in [3.8, 4) is 0 Å². The first-order valence-electron chi connectivity index (χ1n) is 9.65. The number of morpholine rings is 1. The number of nitrogens with one attached hydrogen (secondary N) is 1. The van der Waals surface area contributed by atoms with E-state index in [1.165, 1.54) is 9.18 Å². The molecule has 1 N–H and O–H groups in total. The van der Waals surface area contributed by atoms with Crippen LogP contribution in [0.1, 0.15) is 37.1 Å². The maximum atomic E-state index is 12.8. The third-order valence-corrected chi connectivity index (χ3v) is 8.20. The largest absolute Gasteiger partial charge is 0.379 e. The van der Waals surface area contributed by atoms with E-state index in [4.69, 9.17) is 4.74 Å². The van der Waals surface area contributed by atoms with Gasteiger partial charge in [-0.2, -0.15) is 4.31 Å². The van der Waals surface area contributed by atoms with E-state index in [0.29, 0.717) is 39.1 Å². The van der Waals surface area contributed by atoms with Crippen LogP contribution in [0.15, 0.2) is 17.5 Å². The first-order valence-corrected chi connectivity index (χ1v) is 12.1. The van der Waals surface area contributed by atoms with Gasteiger partial charge in [-0.1, -0.05) is 13.0 Å². The summed E-state index contributed by atoms with van der Waals surface area (Å²) in [5.41, 5.74) is 0. The zero-order valence-electron chi connectivity index (χ0n) is 15.8. The van der Waals surface area contributed by atoms with Crippen LogP contribution >= 0.6 is 11.3 Å². The Kier molecular flexibility index (Phi) is 7.27. The number of thiophene rings is 1. The smallest absolute Gasteiger partial charge is 0.238 e. The van der Waals surface area contributed by atoms with Crippen LogP contribution in [0.4, 0.5) is 0 Å². The Morgan fingerprint density at radius 1 is 1.37 bits per heavy atom. The molecule has 2 unspecified atom stereocenters. The molecule has 0 aromatic carbocycles. The molecule has 2 aliphatic rings. The van der Waals surface area contributed by atoms with E-state index in [1.54, 1.807) is 11.3 Å². The number of ether oxygens (including phenoxy) is 1. The minimum atomic E-state index is -3.36. The maximum Gasteiger partial charge on any atom is 0.238 e. The highest BCUT2D eigenvalue weighted by atomic mass is 32.2. The van der Waals surface area contributed by atoms with E-state index in [9.17, 15) is 13.2 Å². The fourth-order valence-corrected chi connectivity index (χ4v) is 6.41. The Bertz CT molecular complexity index is 702. The van der Waals surface area contributed by atoms with Gasteiger partial charge >= 0.3 is 0 Å². The number of carbonyl (C=O) groups excluding carboxylic acids is 1. The molecule has 2 atom stereocenters. The number of rotatable bonds is 8. The second-order valence-corrected chi connectivity index (χ2v) is 10.0. The van der Waals surface area contributed by atoms with Gasteiger partial charge in [0.1, 0.15) is 6.04 Å². The summed E-state index contributed by atoms with van der Waals surface area (Å²) in [7, 11) is -3.36. The standard InChI is InChI=1S/C18H29N3O4S2/c1-2-13-27(23,24)21-7-3-5-15(21)18(22)19-14-16(17-6-4-12-26-17)20-8-10-25-11-9-20/h4,6,12,15-16H,2-3,5,7-11,13-14H2,1H3,(H,19,22). The van der Waals surface area contributed by atoms with E-state index in [2.05, 4.69) is 16.3 Å². The van der Waals surface area contributed by atoms with Crippen LogP contribution in [0, 0.1) is 0 Å². The first kappa shape index (κ1) is 20.7. The van der Waals surface area contributed by atoms with Crippen molar-refractivity contribution in [2.24, 2.45) is 0 Å². The maximum absolute atomic E-state index is 12.8. The molecule has 0 spiro atoms. The number of hydrogen-bond acceptors (Lipinski definition) is 6. The van der Waals surface area contributed by atoms with Gasteiger partial charge in [-0.3, -0.25) is 9.69 Å². The molecule has 2 fully saturated rings. The van der Waals surface area contributed by atoms with Crippen molar-refractivity contribution in [2.75, 3.05) is 45.1 Å². The molecule has 1 aromatic heterocycles. The zero-order valence-corrected chi connectivity index (χ0v) is 17.4. The van der Waals surface area contributed by atoms with Gasteiger partial charge in [0.2, 0.25) is 15.9 Å². The molecule has 0 saturated carbocycles. The molecule has 7 nitrogen and oxygen atoms in total. The van der Waals surface area contributed by atoms with E-state index < -0.39 is 16.1 Å². The number of sulfonamides is 1. The lowest BCUT2D eigenvalue weighted by Crippen LogP contribution is -2.49. The zero-order chi connectivity index (χ0) is 19.3. The van der Waals surface area contributed by atoms with Gasteiger partial charge < -0.3 is 10.1 Å². The van der Waals surface area contributed by atoms with Crippen molar-refractivity contribution >= 4 is 27.3 Å². The van der Waals surface area contributed by atoms with Gasteiger partial charge in [-0.15, -0.1) is 11.3 Å². The Hall–Kier alpha value is -1.00. The predicted molar refractivity (Wildman–Crippen MR) is 106 cm³/mol. The van der Waals surface area contributed by atoms with Gasteiger partial charge in [0, 0.05) is 31.1 Å². The van der Waals surface area contributed by atoms with E-state index in [0.717, 1.165) is 19.5 Å². The quantitative estimate of drug-likeness (QED) is 0.695. The predicted octanol–water partition coefficient (Wildman–Crippen LogP) is 1.44. The number of amides is 1. The molecule has 0 bridgehead atoms. The van der Waals surface area contributed by atoms with Crippen LogP contribution in [0.5, 0.6) is 0 Å². The summed E-state index contributed by atoms with van der Waals surface area (Å²) in [6.45, 7) is 5.83. The average Bonchev–Trinajstić information content (AvgIpc) is 3.35. The summed E-state index contributed by atoms with van der Waals surface area (Å²) >= 11 is 1.68. The van der Waals surface area contributed by atoms with Gasteiger partial charge in [0.05, 0.1) is 25.0 Å². The molecule has 27 heavy (non-hydrogen) atoms. The molecular formula is C18H29N3O4S2. The highest BCUT2D eigenvalue weighted by Gasteiger charge is 2.38. The van der Waals surface area contributed by atoms with Gasteiger partial charge in [0.15, 0.2) is 0 Å². The Balaban J connectivity index is 1.65. The lowest BCUT2D eigenvalue weighted by molar-refractivity contribution is -0.124. The topological polar surface area (TPSA) is 79.0 Å². The minimum absolute atomic E-state index is 0.0972. The normalized spacial score (nSPS) is 23.4. The number of nitrogens with zero attached hydrogens (tertiary/aromatic N) is 2. The number of carbonyl (C=O) groups is 1. The molecule has 1 amide bonds. The minimum Gasteiger partial charge on any atom is -0.379 e. The highest BCUT2D eigenvalue weighted by Crippen LogP contribution is 2.26. The van der Waals surface area contributed by atoms with Crippen molar-refractivity contribution in [1.29, 1.82) is 0 Å². The molecule has 3 heterocycles. The second-order valence-electron chi connectivity index (χ2n) is 7.01. The van der Waals surface area contributed by atoms with Crippen LogP contribution in [-0.2, 0) is 19.6 Å². The SMILES string of the molecule is CCCS(=O)(=O)N1CCCC1C(=O)NCC(c1cccs1)N1CCOCC1. The van der Waals surface area contributed by atoms with Gasteiger partial charge in [-0.05, 0) is 30.7 Å². The van der Waals surface area contributed by atoms with Crippen molar-refractivity contribution in [2.45, 2.75) is 38.3 Å². The Morgan fingerprint density at radius 3 is 2.81 bits per heavy atom. The van der Waals surface area contributed by atoms with E-state index >= 15 is 0 Å². The van der Waals surface area contributed by atoms with E-state index in [1.807, 2.05) is 18.4 Å². The molecule has 3 rings (SSSR count). The highest BCUT2D eigenvalue weighted by molar-refractivity contribution is 7.89. The lowest BCUT2D eigenvalue weighted by Gasteiger charge is -2.34. The fraction of sp³-hybridized carbons (Fsp3) is 0.722. The summed E-state index contributed by atoms with van der Waals surface area (Å²) < 4.78 is 31.7. The fourth-order valence-electron chi connectivity index (χ4n) is 3.81. The summed E-state index contributed by atoms with van der Waals surface area (Å²) in [4.78, 5) is 16.3. The van der Waals surface area contributed by atoms with Crippen molar-refractivity contribution < 1.29 is 17.9 Å². The molecule has 9 heteroatoms. The Labute approximate surface area is 165 Å². The molecule has 2 aliphatic heterocycles. The summed E-state index contributed by atoms with van der Waals surface area (Å²) in [5.74, 6) is -0.0791. The van der Waals surface area contributed by atoms with Gasteiger partial charge in [-0.25, -0.2) is 8.42 Å². The van der Waals surface area contributed by atoms with Crippen LogP contribution in [0.25, 0.3) is 0 Å².